The van der Waals surface area contributed by atoms with Crippen LogP contribution in [0, 0.1) is 0 Å². The number of aromatic nitrogens is 2. The van der Waals surface area contributed by atoms with Crippen molar-refractivity contribution in [2.75, 3.05) is 32.8 Å². The van der Waals surface area contributed by atoms with Crippen LogP contribution in [0.5, 0.6) is 0 Å². The summed E-state index contributed by atoms with van der Waals surface area (Å²) in [6.45, 7) is 9.32. The molecule has 1 aliphatic heterocycles. The Morgan fingerprint density at radius 1 is 1.48 bits per heavy atom. The van der Waals surface area contributed by atoms with Crippen molar-refractivity contribution in [2.45, 2.75) is 39.3 Å². The van der Waals surface area contributed by atoms with Gasteiger partial charge in [0.2, 0.25) is 0 Å². The van der Waals surface area contributed by atoms with Crippen LogP contribution in [0.1, 0.15) is 44.3 Å². The van der Waals surface area contributed by atoms with Gasteiger partial charge in [-0.05, 0) is 25.9 Å². The van der Waals surface area contributed by atoms with Gasteiger partial charge in [-0.2, -0.15) is 0 Å². The fourth-order valence-electron chi connectivity index (χ4n) is 2.55. The maximum absolute atomic E-state index is 11.8. The number of nitrogens with zero attached hydrogens (tertiary/aromatic N) is 2. The van der Waals surface area contributed by atoms with Crippen molar-refractivity contribution in [3.63, 3.8) is 0 Å². The zero-order chi connectivity index (χ0) is 15.1. The van der Waals surface area contributed by atoms with Gasteiger partial charge in [0.25, 0.3) is 5.56 Å². The van der Waals surface area contributed by atoms with Gasteiger partial charge in [-0.25, -0.2) is 4.98 Å². The van der Waals surface area contributed by atoms with E-state index < -0.39 is 0 Å². The van der Waals surface area contributed by atoms with Crippen LogP contribution in [0.25, 0.3) is 0 Å². The Labute approximate surface area is 125 Å². The molecule has 2 heterocycles. The topological polar surface area (TPSA) is 70.2 Å². The van der Waals surface area contributed by atoms with E-state index in [9.17, 15) is 4.79 Å². The Morgan fingerprint density at radius 2 is 2.33 bits per heavy atom. The molecular weight excluding hydrogens is 268 g/mol. The summed E-state index contributed by atoms with van der Waals surface area (Å²) < 4.78 is 5.78. The largest absolute Gasteiger partial charge is 0.368 e. The maximum atomic E-state index is 11.8. The van der Waals surface area contributed by atoms with Crippen LogP contribution < -0.4 is 10.9 Å². The van der Waals surface area contributed by atoms with E-state index >= 15 is 0 Å². The van der Waals surface area contributed by atoms with Crippen molar-refractivity contribution in [3.8, 4) is 0 Å². The highest BCUT2D eigenvalue weighted by molar-refractivity contribution is 5.05. The Balaban J connectivity index is 2.06. The summed E-state index contributed by atoms with van der Waals surface area (Å²) in [5.41, 5.74) is 0.669. The number of rotatable bonds is 7. The molecule has 1 aromatic rings. The zero-order valence-electron chi connectivity index (χ0n) is 13.0. The average molecular weight is 294 g/mol. The summed E-state index contributed by atoms with van der Waals surface area (Å²) in [6.07, 6.45) is 2.05. The summed E-state index contributed by atoms with van der Waals surface area (Å²) in [5.74, 6) is 0.650. The van der Waals surface area contributed by atoms with Crippen LogP contribution in [0.2, 0.25) is 0 Å². The summed E-state index contributed by atoms with van der Waals surface area (Å²) in [4.78, 5) is 21.5. The predicted molar refractivity (Wildman–Crippen MR) is 82.3 cm³/mol. The molecule has 1 unspecified atom stereocenters. The van der Waals surface area contributed by atoms with Crippen molar-refractivity contribution in [3.05, 3.63) is 27.9 Å². The Morgan fingerprint density at radius 3 is 3.10 bits per heavy atom. The van der Waals surface area contributed by atoms with Gasteiger partial charge in [0, 0.05) is 25.7 Å². The minimum Gasteiger partial charge on any atom is -0.368 e. The van der Waals surface area contributed by atoms with Gasteiger partial charge in [0.1, 0.15) is 11.9 Å². The first-order valence-electron chi connectivity index (χ1n) is 7.87. The van der Waals surface area contributed by atoms with Gasteiger partial charge >= 0.3 is 0 Å². The minimum atomic E-state index is -0.135. The average Bonchev–Trinajstić information content (AvgIpc) is 2.48. The second-order valence-corrected chi connectivity index (χ2v) is 5.46. The molecular formula is C15H26N4O2. The van der Waals surface area contributed by atoms with E-state index in [0.717, 1.165) is 44.7 Å². The molecule has 1 aromatic heterocycles. The number of hydrogen-bond acceptors (Lipinski definition) is 5. The monoisotopic (exact) mass is 294 g/mol. The van der Waals surface area contributed by atoms with Crippen LogP contribution in [-0.4, -0.2) is 47.7 Å². The first kappa shape index (κ1) is 16.1. The number of hydrogen-bond donors (Lipinski definition) is 2. The minimum absolute atomic E-state index is 0.107. The SMILES string of the molecule is CCCNCc1cc(=O)[nH]c(C2CN(CCC)CCO2)n1. The van der Waals surface area contributed by atoms with E-state index in [4.69, 9.17) is 4.74 Å². The molecule has 21 heavy (non-hydrogen) atoms. The molecule has 2 rings (SSSR count). The maximum Gasteiger partial charge on any atom is 0.251 e. The smallest absolute Gasteiger partial charge is 0.251 e. The van der Waals surface area contributed by atoms with Gasteiger partial charge in [-0.15, -0.1) is 0 Å². The first-order valence-corrected chi connectivity index (χ1v) is 7.87. The number of morpholine rings is 1. The van der Waals surface area contributed by atoms with Gasteiger partial charge < -0.3 is 15.0 Å². The molecule has 0 bridgehead atoms. The van der Waals surface area contributed by atoms with E-state index in [1.807, 2.05) is 0 Å². The van der Waals surface area contributed by atoms with Crippen LogP contribution in [0.15, 0.2) is 10.9 Å². The highest BCUT2D eigenvalue weighted by Crippen LogP contribution is 2.18. The Kier molecular flexibility index (Phi) is 6.35. The van der Waals surface area contributed by atoms with Gasteiger partial charge in [-0.1, -0.05) is 13.8 Å². The molecule has 2 N–H and O–H groups in total. The predicted octanol–water partition coefficient (Wildman–Crippen LogP) is 1.05. The lowest BCUT2D eigenvalue weighted by Crippen LogP contribution is -2.39. The van der Waals surface area contributed by atoms with Crippen LogP contribution >= 0.6 is 0 Å². The molecule has 0 amide bonds. The molecule has 6 heteroatoms. The third kappa shape index (κ3) is 4.91. The number of ether oxygens (including phenoxy) is 1. The van der Waals surface area contributed by atoms with Crippen LogP contribution in [-0.2, 0) is 11.3 Å². The standard InChI is InChI=1S/C15H26N4O2/c1-3-5-16-10-12-9-14(20)18-15(17-12)13-11-19(6-4-2)7-8-21-13/h9,13,16H,3-8,10-11H2,1-2H3,(H,17,18,20). The fraction of sp³-hybridized carbons (Fsp3) is 0.733. The normalized spacial score (nSPS) is 19.8. The molecule has 0 spiro atoms. The molecule has 6 nitrogen and oxygen atoms in total. The van der Waals surface area contributed by atoms with Crippen molar-refractivity contribution < 1.29 is 4.74 Å². The van der Waals surface area contributed by atoms with Gasteiger partial charge in [0.15, 0.2) is 0 Å². The zero-order valence-corrected chi connectivity index (χ0v) is 13.0. The van der Waals surface area contributed by atoms with Crippen molar-refractivity contribution in [1.29, 1.82) is 0 Å². The second kappa shape index (κ2) is 8.26. The summed E-state index contributed by atoms with van der Waals surface area (Å²) in [5, 5.41) is 3.27. The molecule has 1 aliphatic rings. The highest BCUT2D eigenvalue weighted by Gasteiger charge is 2.23. The quantitative estimate of drug-likeness (QED) is 0.736. The van der Waals surface area contributed by atoms with Crippen molar-refractivity contribution >= 4 is 0 Å². The highest BCUT2D eigenvalue weighted by atomic mass is 16.5. The van der Waals surface area contributed by atoms with E-state index in [0.29, 0.717) is 19.0 Å². The van der Waals surface area contributed by atoms with Crippen LogP contribution in [0.4, 0.5) is 0 Å². The summed E-state index contributed by atoms with van der Waals surface area (Å²) >= 11 is 0. The lowest BCUT2D eigenvalue weighted by atomic mass is 10.2. The number of H-pyrrole nitrogens is 1. The van der Waals surface area contributed by atoms with Gasteiger partial charge in [-0.3, -0.25) is 9.69 Å². The molecule has 1 saturated heterocycles. The van der Waals surface area contributed by atoms with Crippen molar-refractivity contribution in [1.82, 2.24) is 20.2 Å². The van der Waals surface area contributed by atoms with Gasteiger partial charge in [0.05, 0.1) is 12.3 Å². The van der Waals surface area contributed by atoms with Crippen molar-refractivity contribution in [2.24, 2.45) is 0 Å². The number of aromatic amines is 1. The molecule has 118 valence electrons. The van der Waals surface area contributed by atoms with E-state index in [-0.39, 0.29) is 11.7 Å². The molecule has 0 saturated carbocycles. The first-order chi connectivity index (χ1) is 10.2. The van der Waals surface area contributed by atoms with Crippen LogP contribution in [0.3, 0.4) is 0 Å². The Bertz CT molecular complexity index is 487. The second-order valence-electron chi connectivity index (χ2n) is 5.46. The van der Waals surface area contributed by atoms with E-state index in [1.165, 1.54) is 0 Å². The molecule has 1 atom stereocenters. The third-order valence-corrected chi connectivity index (χ3v) is 3.54. The fourth-order valence-corrected chi connectivity index (χ4v) is 2.55. The van der Waals surface area contributed by atoms with E-state index in [1.54, 1.807) is 6.07 Å². The molecule has 1 fully saturated rings. The summed E-state index contributed by atoms with van der Waals surface area (Å²) in [7, 11) is 0. The Hall–Kier alpha value is -1.24. The molecule has 0 aromatic carbocycles. The lowest BCUT2D eigenvalue weighted by molar-refractivity contribution is -0.0344. The lowest BCUT2D eigenvalue weighted by Gasteiger charge is -2.32. The molecule has 0 radical (unpaired) electrons. The summed E-state index contributed by atoms with van der Waals surface area (Å²) in [6, 6.07) is 1.55. The van der Waals surface area contributed by atoms with E-state index in [2.05, 4.69) is 34.0 Å². The number of nitrogens with one attached hydrogen (secondary N) is 2. The molecule has 0 aliphatic carbocycles. The third-order valence-electron chi connectivity index (χ3n) is 3.54.